The summed E-state index contributed by atoms with van der Waals surface area (Å²) in [5.74, 6) is -3.89. The van der Waals surface area contributed by atoms with Gasteiger partial charge in [0.2, 0.25) is 17.5 Å². The number of ketones is 2. The highest BCUT2D eigenvalue weighted by atomic mass is 28.4. The van der Waals surface area contributed by atoms with Crippen LogP contribution in [0.2, 0.25) is 18.1 Å². The Morgan fingerprint density at radius 3 is 2.12 bits per heavy atom. The van der Waals surface area contributed by atoms with Crippen LogP contribution in [0.5, 0.6) is 17.4 Å². The Morgan fingerprint density at radius 2 is 1.53 bits per heavy atom. The maximum atomic E-state index is 17.6. The molecule has 15 heteroatoms. The third kappa shape index (κ3) is 9.78. The Bertz CT molecular complexity index is 2940. The van der Waals surface area contributed by atoms with Gasteiger partial charge in [-0.05, 0) is 96.8 Å². The van der Waals surface area contributed by atoms with E-state index in [1.165, 1.54) is 11.0 Å². The van der Waals surface area contributed by atoms with Gasteiger partial charge in [-0.3, -0.25) is 24.2 Å². The number of hydrogen-bond acceptors (Lipinski definition) is 12. The van der Waals surface area contributed by atoms with E-state index < -0.39 is 60.0 Å². The number of aliphatic hydroxyl groups is 1. The van der Waals surface area contributed by atoms with Crippen molar-refractivity contribution in [1.29, 1.82) is 0 Å². The van der Waals surface area contributed by atoms with Gasteiger partial charge in [0.15, 0.2) is 25.4 Å². The van der Waals surface area contributed by atoms with Gasteiger partial charge in [0, 0.05) is 36.2 Å². The summed E-state index contributed by atoms with van der Waals surface area (Å²) in [6.45, 7) is 20.4. The first kappa shape index (κ1) is 52.2. The first-order chi connectivity index (χ1) is 35.5. The monoisotopic (exact) mass is 1020 g/mol. The molecule has 74 heavy (non-hydrogen) atoms. The number of aromatic nitrogens is 1. The van der Waals surface area contributed by atoms with E-state index in [1.807, 2.05) is 112 Å². The fourth-order valence-electron chi connectivity index (χ4n) is 10.9. The number of amides is 1. The van der Waals surface area contributed by atoms with Crippen molar-refractivity contribution in [3.8, 4) is 17.4 Å². The molecule has 0 radical (unpaired) electrons. The van der Waals surface area contributed by atoms with Gasteiger partial charge < -0.3 is 33.2 Å². The van der Waals surface area contributed by atoms with Crippen molar-refractivity contribution in [2.75, 3.05) is 44.7 Å². The standard InChI is InChI=1S/C59H67FN4O9Si/c1-9-27-63(28-10-2)51-44-32-41-31-43-45(60)33-46(64(47(65)35-62-29-17-18-30-62)34-38-23-25-42(69-6)26-24-38)53(70-36-39-19-13-11-14-20-39)49(43)52(66)48(41)55(67)59(44,73-74(7,8)58(3,4)5)56(68)50-54(51)72-61-57(50)71-37-40-21-15-12-16-22-40/h9-16,19-26,33,41,44,51,66H,1-2,17-18,27-32,34-37H2,3-8H3/t41-,44-,51-,59-/m0/s1. The zero-order valence-corrected chi connectivity index (χ0v) is 44.3. The zero-order valence-electron chi connectivity index (χ0n) is 43.3. The lowest BCUT2D eigenvalue weighted by Gasteiger charge is -2.55. The molecule has 0 spiro atoms. The van der Waals surface area contributed by atoms with Crippen molar-refractivity contribution in [3.63, 3.8) is 0 Å². The van der Waals surface area contributed by atoms with Crippen LogP contribution in [0.4, 0.5) is 10.1 Å². The quantitative estimate of drug-likeness (QED) is 0.0477. The number of carbonyl (C=O) groups is 3. The number of nitrogens with zero attached hydrogens (tertiary/aromatic N) is 4. The molecule has 2 fully saturated rings. The van der Waals surface area contributed by atoms with Crippen LogP contribution in [-0.4, -0.2) is 91.3 Å². The van der Waals surface area contributed by atoms with Crippen LogP contribution in [0.25, 0.3) is 5.76 Å². The number of Topliss-reactive ketones (excluding diaryl/α,β-unsaturated/α-hetero) is 2. The topological polar surface area (TPSA) is 144 Å². The Morgan fingerprint density at radius 1 is 0.905 bits per heavy atom. The number of halogens is 1. The molecule has 4 aromatic carbocycles. The van der Waals surface area contributed by atoms with Gasteiger partial charge in [-0.15, -0.1) is 13.2 Å². The minimum atomic E-state index is -3.14. The average Bonchev–Trinajstić information content (AvgIpc) is 4.06. The molecule has 3 aliphatic carbocycles. The van der Waals surface area contributed by atoms with E-state index in [9.17, 15) is 9.90 Å². The molecular formula is C59H67FN4O9Si. The minimum absolute atomic E-state index is 0.0201. The van der Waals surface area contributed by atoms with Gasteiger partial charge in [-0.25, -0.2) is 4.39 Å². The highest BCUT2D eigenvalue weighted by Crippen LogP contribution is 2.60. The molecular weight excluding hydrogens is 956 g/mol. The summed E-state index contributed by atoms with van der Waals surface area (Å²) in [4.78, 5) is 53.1. The van der Waals surface area contributed by atoms with E-state index in [0.717, 1.165) is 42.6 Å². The third-order valence-corrected chi connectivity index (χ3v) is 20.1. The fraction of sp³-hybridized carbons (Fsp3) is 0.390. The lowest BCUT2D eigenvalue weighted by Crippen LogP contribution is -2.68. The number of aliphatic hydroxyl groups excluding tert-OH is 1. The predicted octanol–water partition coefficient (Wildman–Crippen LogP) is 11.0. The number of anilines is 1. The first-order valence-electron chi connectivity index (χ1n) is 25.5. The van der Waals surface area contributed by atoms with Crippen LogP contribution in [0.3, 0.4) is 0 Å². The van der Waals surface area contributed by atoms with E-state index >= 15 is 14.0 Å². The van der Waals surface area contributed by atoms with Crippen LogP contribution in [0, 0.1) is 17.7 Å². The second-order valence-corrected chi connectivity index (χ2v) is 26.1. The van der Waals surface area contributed by atoms with Crippen molar-refractivity contribution >= 4 is 37.2 Å². The fourth-order valence-corrected chi connectivity index (χ4v) is 12.4. The molecule has 1 N–H and O–H groups in total. The molecule has 0 unspecified atom stereocenters. The molecule has 388 valence electrons. The number of fused-ring (bicyclic) bond motifs is 4. The van der Waals surface area contributed by atoms with Crippen molar-refractivity contribution < 1.29 is 47.0 Å². The number of likely N-dealkylation sites (tertiary alicyclic amines) is 1. The summed E-state index contributed by atoms with van der Waals surface area (Å²) in [5.41, 5.74) is 0.144. The van der Waals surface area contributed by atoms with Gasteiger partial charge in [0.25, 0.3) is 5.88 Å². The second-order valence-electron chi connectivity index (χ2n) is 21.4. The third-order valence-electron chi connectivity index (χ3n) is 15.6. The van der Waals surface area contributed by atoms with E-state index in [1.54, 1.807) is 31.4 Å². The van der Waals surface area contributed by atoms with Crippen molar-refractivity contribution in [2.24, 2.45) is 11.8 Å². The molecule has 4 atom stereocenters. The smallest absolute Gasteiger partial charge is 0.265 e. The molecule has 1 saturated carbocycles. The van der Waals surface area contributed by atoms with Crippen LogP contribution >= 0.6 is 0 Å². The Kier molecular flexibility index (Phi) is 15.0. The van der Waals surface area contributed by atoms with Gasteiger partial charge in [-0.2, -0.15) is 0 Å². The maximum absolute atomic E-state index is 17.6. The number of benzene rings is 4. The molecule has 4 aliphatic rings. The molecule has 1 aromatic heterocycles. The maximum Gasteiger partial charge on any atom is 0.265 e. The summed E-state index contributed by atoms with van der Waals surface area (Å²) in [6.07, 6.45) is 5.42. The molecule has 1 aliphatic heterocycles. The summed E-state index contributed by atoms with van der Waals surface area (Å²) >= 11 is 0. The Hall–Kier alpha value is -6.65. The normalized spacial score (nSPS) is 20.6. The molecule has 9 rings (SSSR count). The SMILES string of the molecule is C=CCN(CC=C)[C@@H]1c2onc(OCc3ccccc3)c2C(=O)[C@@]2(O[Si](C)(C)C(C)(C)C)C(=O)C3=C(O)c4c(c(F)cc(N(Cc5ccc(OC)cc5)C(=O)CN5CCCC5)c4OCc4ccccc4)C[C@H]3C[C@@H]12. The van der Waals surface area contributed by atoms with E-state index in [2.05, 4.69) is 23.2 Å². The van der Waals surface area contributed by atoms with Crippen LogP contribution < -0.4 is 19.1 Å². The number of methoxy groups -OCH3 is 1. The van der Waals surface area contributed by atoms with Crippen molar-refractivity contribution in [1.82, 2.24) is 15.0 Å². The summed E-state index contributed by atoms with van der Waals surface area (Å²) in [6, 6.07) is 26.6. The van der Waals surface area contributed by atoms with Gasteiger partial charge in [0.05, 0.1) is 37.5 Å². The molecule has 13 nitrogen and oxygen atoms in total. The molecule has 5 aromatic rings. The predicted molar refractivity (Wildman–Crippen MR) is 284 cm³/mol. The van der Waals surface area contributed by atoms with Crippen LogP contribution in [0.1, 0.15) is 90.0 Å². The number of carbonyl (C=O) groups excluding carboxylic acids is 3. The van der Waals surface area contributed by atoms with E-state index in [0.29, 0.717) is 18.8 Å². The zero-order chi connectivity index (χ0) is 52.5. The summed E-state index contributed by atoms with van der Waals surface area (Å²) < 4.78 is 49.8. The summed E-state index contributed by atoms with van der Waals surface area (Å²) in [7, 11) is -1.56. The van der Waals surface area contributed by atoms with Crippen LogP contribution in [-0.2, 0) is 40.2 Å². The van der Waals surface area contributed by atoms with Crippen LogP contribution in [0.15, 0.2) is 126 Å². The number of rotatable bonds is 19. The second kappa shape index (κ2) is 21.3. The van der Waals surface area contributed by atoms with Gasteiger partial charge in [-0.1, -0.05) is 106 Å². The lowest BCUT2D eigenvalue weighted by molar-refractivity contribution is -0.141. The molecule has 1 saturated heterocycles. The van der Waals surface area contributed by atoms with E-state index in [-0.39, 0.29) is 90.4 Å². The number of hydrogen-bond donors (Lipinski definition) is 1. The van der Waals surface area contributed by atoms with E-state index in [4.69, 9.17) is 23.2 Å². The Balaban J connectivity index is 1.26. The molecule has 0 bridgehead atoms. The first-order valence-corrected chi connectivity index (χ1v) is 28.4. The minimum Gasteiger partial charge on any atom is -0.507 e. The van der Waals surface area contributed by atoms with Gasteiger partial charge in [0.1, 0.15) is 36.1 Å². The highest BCUT2D eigenvalue weighted by molar-refractivity contribution is 6.74. The largest absolute Gasteiger partial charge is 0.507 e. The highest BCUT2D eigenvalue weighted by Gasteiger charge is 2.69. The van der Waals surface area contributed by atoms with Gasteiger partial charge >= 0.3 is 0 Å². The summed E-state index contributed by atoms with van der Waals surface area (Å²) in [5, 5.41) is 17.1. The Labute approximate surface area is 434 Å². The molecule has 1 amide bonds. The van der Waals surface area contributed by atoms with Crippen molar-refractivity contribution in [3.05, 3.63) is 167 Å². The lowest BCUT2D eigenvalue weighted by atomic mass is 9.57. The molecule has 2 heterocycles. The number of ether oxygens (including phenoxy) is 3. The average molecular weight is 1020 g/mol. The van der Waals surface area contributed by atoms with Crippen molar-refractivity contribution in [2.45, 2.75) is 96.0 Å².